The number of thiol groups is 1. The molecule has 0 saturated carbocycles. The van der Waals surface area contributed by atoms with Crippen LogP contribution in [-0.4, -0.2) is 60.2 Å². The molecule has 1 fully saturated rings. The molecule has 0 spiro atoms. The standard InChI is InChI=1S/C27H30N4O6S/c32-17-20(13-19-5-2-1-3-6-19)30-25(35)16-29-24(34)15-28-23(33)8-4-7-18-9-11-21(12-10-18)31-26(36)14-22(38)27(31)37/h1-3,5-6,9-12,17,20,22,38H,4,7-8,13-16H2,(H,28,33)(H,29,34)(H,30,35). The number of aldehydes is 1. The van der Waals surface area contributed by atoms with Crippen LogP contribution in [0.3, 0.4) is 0 Å². The van der Waals surface area contributed by atoms with Crippen molar-refractivity contribution in [3.8, 4) is 0 Å². The van der Waals surface area contributed by atoms with Gasteiger partial charge in [-0.1, -0.05) is 42.5 Å². The highest BCUT2D eigenvalue weighted by Gasteiger charge is 2.37. The predicted octanol–water partition coefficient (Wildman–Crippen LogP) is 0.730. The van der Waals surface area contributed by atoms with Gasteiger partial charge in [0.05, 0.1) is 30.1 Å². The zero-order valence-electron chi connectivity index (χ0n) is 20.7. The summed E-state index contributed by atoms with van der Waals surface area (Å²) in [6, 6.07) is 15.5. The summed E-state index contributed by atoms with van der Waals surface area (Å²) >= 11 is 4.12. The van der Waals surface area contributed by atoms with E-state index < -0.39 is 23.1 Å². The molecule has 10 nitrogen and oxygen atoms in total. The van der Waals surface area contributed by atoms with Gasteiger partial charge in [0, 0.05) is 12.8 Å². The Morgan fingerprint density at radius 1 is 0.921 bits per heavy atom. The second-order valence-corrected chi connectivity index (χ2v) is 9.48. The van der Waals surface area contributed by atoms with E-state index in [1.54, 1.807) is 24.3 Å². The zero-order valence-corrected chi connectivity index (χ0v) is 21.6. The summed E-state index contributed by atoms with van der Waals surface area (Å²) < 4.78 is 0. The molecule has 2 atom stereocenters. The Morgan fingerprint density at radius 2 is 1.58 bits per heavy atom. The summed E-state index contributed by atoms with van der Waals surface area (Å²) in [5, 5.41) is 6.87. The molecule has 200 valence electrons. The Labute approximate surface area is 225 Å². The summed E-state index contributed by atoms with van der Waals surface area (Å²) in [7, 11) is 0. The fraction of sp³-hybridized carbons (Fsp3) is 0.333. The van der Waals surface area contributed by atoms with Gasteiger partial charge >= 0.3 is 0 Å². The number of nitrogens with one attached hydrogen (secondary N) is 3. The third kappa shape index (κ3) is 8.55. The molecule has 3 rings (SSSR count). The van der Waals surface area contributed by atoms with E-state index in [9.17, 15) is 28.8 Å². The van der Waals surface area contributed by atoms with E-state index >= 15 is 0 Å². The van der Waals surface area contributed by atoms with Crippen LogP contribution in [0.4, 0.5) is 5.69 Å². The first-order valence-electron chi connectivity index (χ1n) is 12.2. The van der Waals surface area contributed by atoms with Crippen molar-refractivity contribution in [2.24, 2.45) is 0 Å². The second-order valence-electron chi connectivity index (χ2n) is 8.86. The minimum atomic E-state index is -0.705. The molecule has 5 amide bonds. The van der Waals surface area contributed by atoms with Crippen LogP contribution < -0.4 is 20.9 Å². The van der Waals surface area contributed by atoms with Gasteiger partial charge in [0.1, 0.15) is 6.29 Å². The lowest BCUT2D eigenvalue weighted by Gasteiger charge is -2.14. The van der Waals surface area contributed by atoms with Crippen molar-refractivity contribution < 1.29 is 28.8 Å². The number of nitrogens with zero attached hydrogens (tertiary/aromatic N) is 1. The largest absolute Gasteiger partial charge is 0.347 e. The Bertz CT molecular complexity index is 1170. The molecule has 0 bridgehead atoms. The molecule has 11 heteroatoms. The van der Waals surface area contributed by atoms with E-state index in [0.717, 1.165) is 16.0 Å². The predicted molar refractivity (Wildman–Crippen MR) is 143 cm³/mol. The van der Waals surface area contributed by atoms with Gasteiger partial charge in [0.15, 0.2) is 0 Å². The third-order valence-electron chi connectivity index (χ3n) is 5.89. The summed E-state index contributed by atoms with van der Waals surface area (Å²) in [4.78, 5) is 72.5. The molecule has 0 aromatic heterocycles. The highest BCUT2D eigenvalue weighted by molar-refractivity contribution is 7.82. The van der Waals surface area contributed by atoms with Crippen molar-refractivity contribution in [3.63, 3.8) is 0 Å². The fourth-order valence-electron chi connectivity index (χ4n) is 3.92. The molecule has 1 saturated heterocycles. The maximum absolute atomic E-state index is 12.1. The van der Waals surface area contributed by atoms with Crippen LogP contribution in [0.1, 0.15) is 30.4 Å². The van der Waals surface area contributed by atoms with Crippen LogP contribution in [0.25, 0.3) is 0 Å². The van der Waals surface area contributed by atoms with Gasteiger partial charge in [-0.3, -0.25) is 24.0 Å². The molecule has 0 radical (unpaired) electrons. The lowest BCUT2D eigenvalue weighted by atomic mass is 10.1. The van der Waals surface area contributed by atoms with Crippen LogP contribution in [0, 0.1) is 0 Å². The average molecular weight is 539 g/mol. The number of hydrogen-bond donors (Lipinski definition) is 4. The SMILES string of the molecule is O=CC(Cc1ccccc1)NC(=O)CNC(=O)CNC(=O)CCCc1ccc(N2C(=O)CC(S)C2=O)cc1. The van der Waals surface area contributed by atoms with Gasteiger partial charge in [-0.05, 0) is 42.5 Å². The first kappa shape index (κ1) is 28.6. The van der Waals surface area contributed by atoms with E-state index in [4.69, 9.17) is 0 Å². The molecule has 2 aromatic rings. The third-order valence-corrected chi connectivity index (χ3v) is 6.29. The Hall–Kier alpha value is -3.99. The topological polar surface area (TPSA) is 142 Å². The summed E-state index contributed by atoms with van der Waals surface area (Å²) in [5.74, 6) is -1.95. The molecule has 38 heavy (non-hydrogen) atoms. The quantitative estimate of drug-likeness (QED) is 0.168. The molecule has 0 aliphatic carbocycles. The maximum Gasteiger partial charge on any atom is 0.247 e. The number of benzene rings is 2. The summed E-state index contributed by atoms with van der Waals surface area (Å²) in [6.07, 6.45) is 2.40. The number of imide groups is 1. The van der Waals surface area contributed by atoms with Gasteiger partial charge < -0.3 is 20.7 Å². The van der Waals surface area contributed by atoms with E-state index in [1.165, 1.54) is 0 Å². The number of rotatable bonds is 13. The lowest BCUT2D eigenvalue weighted by Crippen LogP contribution is -2.45. The van der Waals surface area contributed by atoms with Crippen molar-refractivity contribution in [2.45, 2.75) is 43.4 Å². The van der Waals surface area contributed by atoms with Gasteiger partial charge in [-0.25, -0.2) is 4.90 Å². The van der Waals surface area contributed by atoms with Crippen molar-refractivity contribution in [2.75, 3.05) is 18.0 Å². The average Bonchev–Trinajstić information content (AvgIpc) is 3.17. The van der Waals surface area contributed by atoms with Crippen molar-refractivity contribution >= 4 is 54.1 Å². The van der Waals surface area contributed by atoms with Gasteiger partial charge in [0.25, 0.3) is 0 Å². The molecular weight excluding hydrogens is 508 g/mol. The van der Waals surface area contributed by atoms with Crippen LogP contribution in [0.2, 0.25) is 0 Å². The summed E-state index contributed by atoms with van der Waals surface area (Å²) in [6.45, 7) is -0.584. The van der Waals surface area contributed by atoms with Gasteiger partial charge in [-0.15, -0.1) is 0 Å². The van der Waals surface area contributed by atoms with E-state index in [1.807, 2.05) is 30.3 Å². The summed E-state index contributed by atoms with van der Waals surface area (Å²) in [5.41, 5.74) is 2.33. The molecular formula is C27H30N4O6S. The first-order valence-corrected chi connectivity index (χ1v) is 12.7. The normalized spacial score (nSPS) is 15.6. The number of hydrogen-bond acceptors (Lipinski definition) is 7. The van der Waals surface area contributed by atoms with Crippen molar-refractivity contribution in [1.29, 1.82) is 0 Å². The number of carbonyl (C=O) groups is 6. The first-order chi connectivity index (χ1) is 18.3. The Kier molecular flexibility index (Phi) is 10.6. The highest BCUT2D eigenvalue weighted by atomic mass is 32.1. The minimum Gasteiger partial charge on any atom is -0.347 e. The van der Waals surface area contributed by atoms with Crippen LogP contribution in [0.15, 0.2) is 54.6 Å². The molecule has 1 aliphatic rings. The smallest absolute Gasteiger partial charge is 0.247 e. The molecule has 2 aromatic carbocycles. The van der Waals surface area contributed by atoms with Gasteiger partial charge in [-0.2, -0.15) is 12.6 Å². The van der Waals surface area contributed by atoms with Crippen molar-refractivity contribution in [3.05, 3.63) is 65.7 Å². The number of carbonyl (C=O) groups excluding carboxylic acids is 6. The molecule has 2 unspecified atom stereocenters. The van der Waals surface area contributed by atoms with Gasteiger partial charge in [0.2, 0.25) is 29.5 Å². The Balaban J connectivity index is 1.30. The van der Waals surface area contributed by atoms with E-state index in [2.05, 4.69) is 28.6 Å². The van der Waals surface area contributed by atoms with Crippen LogP contribution in [-0.2, 0) is 41.6 Å². The van der Waals surface area contributed by atoms with E-state index in [0.29, 0.717) is 31.2 Å². The highest BCUT2D eigenvalue weighted by Crippen LogP contribution is 2.25. The number of amides is 5. The molecule has 1 aliphatic heterocycles. The maximum atomic E-state index is 12.1. The minimum absolute atomic E-state index is 0.0828. The van der Waals surface area contributed by atoms with E-state index in [-0.39, 0.29) is 43.7 Å². The Morgan fingerprint density at radius 3 is 2.21 bits per heavy atom. The van der Waals surface area contributed by atoms with Crippen LogP contribution in [0.5, 0.6) is 0 Å². The second kappa shape index (κ2) is 14.1. The van der Waals surface area contributed by atoms with Crippen molar-refractivity contribution in [1.82, 2.24) is 16.0 Å². The lowest BCUT2D eigenvalue weighted by molar-refractivity contribution is -0.128. The zero-order chi connectivity index (χ0) is 27.5. The fourth-order valence-corrected chi connectivity index (χ4v) is 4.19. The van der Waals surface area contributed by atoms with Crippen LogP contribution >= 0.6 is 12.6 Å². The molecule has 3 N–H and O–H groups in total. The molecule has 1 heterocycles. The monoisotopic (exact) mass is 538 g/mol. The number of aryl methyl sites for hydroxylation is 1. The number of anilines is 1.